The van der Waals surface area contributed by atoms with Crippen molar-refractivity contribution in [3.8, 4) is 0 Å². The Hall–Kier alpha value is -3.07. The summed E-state index contributed by atoms with van der Waals surface area (Å²) in [4.78, 5) is 43.6. The average molecular weight is 506 g/mol. The van der Waals surface area contributed by atoms with Crippen LogP contribution in [0.15, 0.2) is 36.5 Å². The zero-order valence-corrected chi connectivity index (χ0v) is 20.3. The van der Waals surface area contributed by atoms with Gasteiger partial charge in [-0.05, 0) is 55.5 Å². The van der Waals surface area contributed by atoms with Gasteiger partial charge in [-0.15, -0.1) is 0 Å². The van der Waals surface area contributed by atoms with Gasteiger partial charge in [0.2, 0.25) is 5.91 Å². The number of hydrogen-bond donors (Lipinski definition) is 1. The first-order valence-electron chi connectivity index (χ1n) is 11.4. The van der Waals surface area contributed by atoms with Gasteiger partial charge in [0.1, 0.15) is 5.15 Å². The fraction of sp³-hybridized carbons (Fsp3) is 0.440. The standard InChI is InChI=1S/C25H26ClF2N3O4/c1-13(2)35-23(33)21-19(8-15-4-7-20(26)29-12-15)22(32)31(21)24(34)30-14(3)16-5-6-17-10-25(27,28)11-18(17)9-16/h4-7,9,12-14,19,21H,8,10-11H2,1-3H3,(H,30,34)/t14-,19-,21+/m1/s1. The molecular weight excluding hydrogens is 480 g/mol. The Morgan fingerprint density at radius 3 is 2.57 bits per heavy atom. The number of fused-ring (bicyclic) bond motifs is 1. The summed E-state index contributed by atoms with van der Waals surface area (Å²) in [5.41, 5.74) is 2.46. The molecular formula is C25H26ClF2N3O4. The summed E-state index contributed by atoms with van der Waals surface area (Å²) >= 11 is 5.82. The second kappa shape index (κ2) is 9.53. The number of nitrogens with one attached hydrogen (secondary N) is 1. The predicted molar refractivity (Wildman–Crippen MR) is 124 cm³/mol. The number of hydrogen-bond acceptors (Lipinski definition) is 5. The number of ether oxygens (including phenoxy) is 1. The number of pyridine rings is 1. The van der Waals surface area contributed by atoms with Crippen LogP contribution in [0.1, 0.15) is 49.1 Å². The summed E-state index contributed by atoms with van der Waals surface area (Å²) in [6, 6.07) is 5.86. The van der Waals surface area contributed by atoms with Crippen LogP contribution in [0.5, 0.6) is 0 Å². The molecule has 1 N–H and O–H groups in total. The predicted octanol–water partition coefficient (Wildman–Crippen LogP) is 4.26. The van der Waals surface area contributed by atoms with E-state index in [1.807, 2.05) is 0 Å². The fourth-order valence-corrected chi connectivity index (χ4v) is 4.65. The molecule has 3 amide bonds. The van der Waals surface area contributed by atoms with E-state index in [0.29, 0.717) is 27.4 Å². The maximum atomic E-state index is 13.7. The molecule has 0 radical (unpaired) electrons. The van der Waals surface area contributed by atoms with Crippen molar-refractivity contribution < 1.29 is 27.9 Å². The molecule has 2 heterocycles. The van der Waals surface area contributed by atoms with Gasteiger partial charge in [0.05, 0.1) is 18.1 Å². The number of rotatable bonds is 6. The van der Waals surface area contributed by atoms with Gasteiger partial charge in [-0.3, -0.25) is 4.79 Å². The summed E-state index contributed by atoms with van der Waals surface area (Å²) < 4.78 is 32.8. The minimum atomic E-state index is -2.77. The molecule has 7 nitrogen and oxygen atoms in total. The Kier molecular flexibility index (Phi) is 6.81. The Balaban J connectivity index is 1.49. The van der Waals surface area contributed by atoms with E-state index in [9.17, 15) is 23.2 Å². The number of imide groups is 1. The van der Waals surface area contributed by atoms with Gasteiger partial charge < -0.3 is 10.1 Å². The Morgan fingerprint density at radius 1 is 1.20 bits per heavy atom. The second-order valence-electron chi connectivity index (χ2n) is 9.35. The fourth-order valence-electron chi connectivity index (χ4n) is 4.54. The van der Waals surface area contributed by atoms with Crippen LogP contribution < -0.4 is 5.32 Å². The summed E-state index contributed by atoms with van der Waals surface area (Å²) in [6.45, 7) is 5.05. The Bertz CT molecular complexity index is 1160. The molecule has 1 aromatic heterocycles. The van der Waals surface area contributed by atoms with E-state index in [1.165, 1.54) is 6.20 Å². The number of benzene rings is 1. The molecule has 0 saturated carbocycles. The lowest BCUT2D eigenvalue weighted by Crippen LogP contribution is -2.69. The molecule has 2 aromatic rings. The SMILES string of the molecule is CC(C)OC(=O)[C@@H]1[C@@H](Cc2ccc(Cl)nc2)C(=O)N1C(=O)N[C@H](C)c1ccc2c(c1)CC(F)(F)C2. The normalized spacial score (nSPS) is 21.3. The van der Waals surface area contributed by atoms with Crippen LogP contribution in [0.4, 0.5) is 13.6 Å². The zero-order valence-electron chi connectivity index (χ0n) is 19.6. The third-order valence-electron chi connectivity index (χ3n) is 6.24. The molecule has 0 spiro atoms. The maximum absolute atomic E-state index is 13.7. The lowest BCUT2D eigenvalue weighted by atomic mass is 9.82. The highest BCUT2D eigenvalue weighted by Crippen LogP contribution is 2.36. The summed E-state index contributed by atoms with van der Waals surface area (Å²) in [5, 5.41) is 3.01. The maximum Gasteiger partial charge on any atom is 0.330 e. The Morgan fingerprint density at radius 2 is 1.91 bits per heavy atom. The van der Waals surface area contributed by atoms with Gasteiger partial charge in [-0.2, -0.15) is 0 Å². The van der Waals surface area contributed by atoms with E-state index < -0.39 is 47.9 Å². The summed E-state index contributed by atoms with van der Waals surface area (Å²) in [5.74, 6) is -4.73. The molecule has 1 aromatic carbocycles. The monoisotopic (exact) mass is 505 g/mol. The number of aromatic nitrogens is 1. The molecule has 1 saturated heterocycles. The molecule has 4 rings (SSSR count). The molecule has 35 heavy (non-hydrogen) atoms. The molecule has 3 atom stereocenters. The molecule has 0 bridgehead atoms. The minimum Gasteiger partial charge on any atom is -0.461 e. The van der Waals surface area contributed by atoms with Gasteiger partial charge in [0.25, 0.3) is 5.92 Å². The van der Waals surface area contributed by atoms with Gasteiger partial charge in [-0.1, -0.05) is 35.9 Å². The smallest absolute Gasteiger partial charge is 0.330 e. The Labute approximate surface area is 206 Å². The number of esters is 1. The van der Waals surface area contributed by atoms with Crippen molar-refractivity contribution in [2.75, 3.05) is 0 Å². The molecule has 1 fully saturated rings. The third-order valence-corrected chi connectivity index (χ3v) is 6.46. The van der Waals surface area contributed by atoms with Gasteiger partial charge in [-0.25, -0.2) is 28.3 Å². The van der Waals surface area contributed by atoms with Crippen molar-refractivity contribution in [2.24, 2.45) is 5.92 Å². The molecule has 0 unspecified atom stereocenters. The molecule has 1 aliphatic carbocycles. The van der Waals surface area contributed by atoms with E-state index in [2.05, 4.69) is 10.3 Å². The number of carbonyl (C=O) groups excluding carboxylic acids is 3. The van der Waals surface area contributed by atoms with Gasteiger partial charge >= 0.3 is 12.0 Å². The van der Waals surface area contributed by atoms with E-state index in [4.69, 9.17) is 16.3 Å². The number of likely N-dealkylation sites (tertiary alicyclic amines) is 1. The number of β-lactam (4-membered cyclic amide) rings is 1. The van der Waals surface area contributed by atoms with E-state index in [-0.39, 0.29) is 19.3 Å². The van der Waals surface area contributed by atoms with E-state index >= 15 is 0 Å². The minimum absolute atomic E-state index is 0.194. The summed E-state index contributed by atoms with van der Waals surface area (Å²) in [7, 11) is 0. The van der Waals surface area contributed by atoms with Crippen molar-refractivity contribution >= 4 is 29.5 Å². The number of halogens is 3. The van der Waals surface area contributed by atoms with Crippen LogP contribution in [0, 0.1) is 5.92 Å². The van der Waals surface area contributed by atoms with Crippen molar-refractivity contribution in [3.05, 3.63) is 63.9 Å². The molecule has 1 aliphatic heterocycles. The van der Waals surface area contributed by atoms with Crippen molar-refractivity contribution in [3.63, 3.8) is 0 Å². The molecule has 10 heteroatoms. The molecule has 2 aliphatic rings. The highest BCUT2D eigenvalue weighted by molar-refractivity contribution is 6.29. The number of nitrogens with zero attached hydrogens (tertiary/aromatic N) is 2. The number of amides is 3. The van der Waals surface area contributed by atoms with Crippen LogP contribution in [-0.2, 0) is 33.6 Å². The van der Waals surface area contributed by atoms with Crippen molar-refractivity contribution in [1.29, 1.82) is 0 Å². The lowest BCUT2D eigenvalue weighted by Gasteiger charge is -2.44. The van der Waals surface area contributed by atoms with Crippen LogP contribution >= 0.6 is 11.6 Å². The van der Waals surface area contributed by atoms with Gasteiger partial charge in [0, 0.05) is 19.0 Å². The number of carbonyl (C=O) groups is 3. The molecule has 186 valence electrons. The number of alkyl halides is 2. The highest BCUT2D eigenvalue weighted by Gasteiger charge is 2.55. The average Bonchev–Trinajstić information content (AvgIpc) is 3.08. The van der Waals surface area contributed by atoms with Gasteiger partial charge in [0.15, 0.2) is 6.04 Å². The summed E-state index contributed by atoms with van der Waals surface area (Å²) in [6.07, 6.45) is 0.646. The highest BCUT2D eigenvalue weighted by atomic mass is 35.5. The topological polar surface area (TPSA) is 88.6 Å². The first-order chi connectivity index (χ1) is 16.4. The van der Waals surface area contributed by atoms with Crippen LogP contribution in [0.3, 0.4) is 0 Å². The van der Waals surface area contributed by atoms with Crippen LogP contribution in [0.25, 0.3) is 0 Å². The second-order valence-corrected chi connectivity index (χ2v) is 9.73. The van der Waals surface area contributed by atoms with Crippen molar-refractivity contribution in [2.45, 2.75) is 64.1 Å². The van der Waals surface area contributed by atoms with E-state index in [0.717, 1.165) is 4.90 Å². The van der Waals surface area contributed by atoms with Crippen LogP contribution in [0.2, 0.25) is 5.15 Å². The quantitative estimate of drug-likeness (QED) is 0.360. The first kappa shape index (κ1) is 25.0. The number of urea groups is 1. The van der Waals surface area contributed by atoms with E-state index in [1.54, 1.807) is 51.1 Å². The zero-order chi connectivity index (χ0) is 25.5. The lowest BCUT2D eigenvalue weighted by molar-refractivity contribution is -0.172. The van der Waals surface area contributed by atoms with Crippen LogP contribution in [-0.4, -0.2) is 45.9 Å². The van der Waals surface area contributed by atoms with Crippen molar-refractivity contribution in [1.82, 2.24) is 15.2 Å². The first-order valence-corrected chi connectivity index (χ1v) is 11.8. The third kappa shape index (κ3) is 5.29. The largest absolute Gasteiger partial charge is 0.461 e.